The number of nitrogens with zero attached hydrogens (tertiary/aromatic N) is 1. The van der Waals surface area contributed by atoms with Crippen LogP contribution >= 0.6 is 11.8 Å². The zero-order valence-corrected chi connectivity index (χ0v) is 19.5. The lowest BCUT2D eigenvalue weighted by atomic mass is 10.0. The van der Waals surface area contributed by atoms with Gasteiger partial charge in [-0.25, -0.2) is 0 Å². The molecule has 0 aliphatic rings. The van der Waals surface area contributed by atoms with Crippen molar-refractivity contribution in [3.63, 3.8) is 0 Å². The molecule has 5 heteroatoms. The van der Waals surface area contributed by atoms with Gasteiger partial charge in [-0.2, -0.15) is 0 Å². The second-order valence-corrected chi connectivity index (χ2v) is 8.76. The van der Waals surface area contributed by atoms with E-state index in [1.54, 1.807) is 4.90 Å². The van der Waals surface area contributed by atoms with Crippen molar-refractivity contribution in [1.29, 1.82) is 0 Å². The number of hydrogen-bond donors (Lipinski definition) is 1. The van der Waals surface area contributed by atoms with E-state index in [9.17, 15) is 9.59 Å². The van der Waals surface area contributed by atoms with Crippen molar-refractivity contribution in [3.05, 3.63) is 102 Å². The molecule has 1 N–H and O–H groups in total. The van der Waals surface area contributed by atoms with Gasteiger partial charge in [0.15, 0.2) is 0 Å². The largest absolute Gasteiger partial charge is 0.355 e. The zero-order chi connectivity index (χ0) is 22.8. The Morgan fingerprint density at radius 2 is 1.47 bits per heavy atom. The molecule has 3 rings (SSSR count). The maximum atomic E-state index is 13.5. The Kier molecular flexibility index (Phi) is 8.93. The molecule has 0 fully saturated rings. The molecule has 0 spiro atoms. The molecule has 0 unspecified atom stereocenters. The molecular weight excluding hydrogens is 416 g/mol. The van der Waals surface area contributed by atoms with Gasteiger partial charge in [0.05, 0.1) is 5.75 Å². The molecule has 0 saturated carbocycles. The van der Waals surface area contributed by atoms with Crippen LogP contribution < -0.4 is 5.32 Å². The molecule has 0 aliphatic carbocycles. The van der Waals surface area contributed by atoms with Crippen molar-refractivity contribution in [2.75, 3.05) is 12.3 Å². The van der Waals surface area contributed by atoms with Crippen molar-refractivity contribution in [3.8, 4) is 0 Å². The number of carbonyl (C=O) groups excluding carboxylic acids is 2. The fraction of sp³-hybridized carbons (Fsp3) is 0.259. The van der Waals surface area contributed by atoms with Gasteiger partial charge in [0, 0.05) is 24.4 Å². The van der Waals surface area contributed by atoms with Crippen molar-refractivity contribution in [1.82, 2.24) is 10.2 Å². The van der Waals surface area contributed by atoms with Crippen LogP contribution in [0.1, 0.15) is 23.6 Å². The predicted octanol–water partition coefficient (Wildman–Crippen LogP) is 4.86. The van der Waals surface area contributed by atoms with Crippen LogP contribution in [0.15, 0.2) is 89.8 Å². The highest BCUT2D eigenvalue weighted by Gasteiger charge is 2.30. The van der Waals surface area contributed by atoms with Gasteiger partial charge in [-0.15, -0.1) is 11.8 Å². The van der Waals surface area contributed by atoms with Crippen LogP contribution in [0.2, 0.25) is 0 Å². The average Bonchev–Trinajstić information content (AvgIpc) is 2.82. The number of nitrogens with one attached hydrogen (secondary N) is 1. The van der Waals surface area contributed by atoms with Gasteiger partial charge in [0.2, 0.25) is 11.8 Å². The third-order valence-corrected chi connectivity index (χ3v) is 6.20. The molecule has 3 aromatic carbocycles. The quantitative estimate of drug-likeness (QED) is 0.452. The lowest BCUT2D eigenvalue weighted by molar-refractivity contribution is -0.139. The van der Waals surface area contributed by atoms with Crippen LogP contribution in [-0.4, -0.2) is 35.1 Å². The molecule has 1 atom stereocenters. The summed E-state index contributed by atoms with van der Waals surface area (Å²) in [5, 5.41) is 2.93. The fourth-order valence-electron chi connectivity index (χ4n) is 3.49. The molecule has 32 heavy (non-hydrogen) atoms. The highest BCUT2D eigenvalue weighted by Crippen LogP contribution is 2.21. The Bertz CT molecular complexity index is 991. The maximum Gasteiger partial charge on any atom is 0.243 e. The highest BCUT2D eigenvalue weighted by atomic mass is 32.2. The molecule has 2 amide bonds. The Labute approximate surface area is 195 Å². The minimum atomic E-state index is -0.580. The molecule has 0 aromatic heterocycles. The van der Waals surface area contributed by atoms with Crippen molar-refractivity contribution in [2.45, 2.75) is 37.8 Å². The lowest BCUT2D eigenvalue weighted by Crippen LogP contribution is -2.51. The number of amides is 2. The van der Waals surface area contributed by atoms with Gasteiger partial charge in [0.25, 0.3) is 0 Å². The van der Waals surface area contributed by atoms with Crippen LogP contribution in [-0.2, 0) is 22.6 Å². The number of aryl methyl sites for hydroxylation is 1. The van der Waals surface area contributed by atoms with E-state index in [-0.39, 0.29) is 17.6 Å². The number of likely N-dealkylation sites (N-methyl/N-ethyl adjacent to an activating group) is 1. The first-order valence-electron chi connectivity index (χ1n) is 10.9. The van der Waals surface area contributed by atoms with E-state index in [1.165, 1.54) is 17.3 Å². The summed E-state index contributed by atoms with van der Waals surface area (Å²) < 4.78 is 0. The van der Waals surface area contributed by atoms with Gasteiger partial charge in [-0.3, -0.25) is 9.59 Å². The number of hydrogen-bond acceptors (Lipinski definition) is 3. The monoisotopic (exact) mass is 446 g/mol. The fourth-order valence-corrected chi connectivity index (χ4v) is 4.27. The summed E-state index contributed by atoms with van der Waals surface area (Å²) in [6, 6.07) is 27.3. The first kappa shape index (κ1) is 23.6. The molecular formula is C27H30N2O2S. The molecule has 166 valence electrons. The van der Waals surface area contributed by atoms with E-state index in [0.717, 1.165) is 16.0 Å². The van der Waals surface area contributed by atoms with Crippen LogP contribution in [0.5, 0.6) is 0 Å². The van der Waals surface area contributed by atoms with Gasteiger partial charge >= 0.3 is 0 Å². The number of carbonyl (C=O) groups is 2. The third kappa shape index (κ3) is 6.99. The van der Waals surface area contributed by atoms with Gasteiger partial charge in [-0.1, -0.05) is 78.4 Å². The van der Waals surface area contributed by atoms with E-state index >= 15 is 0 Å². The maximum absolute atomic E-state index is 13.5. The molecule has 0 bridgehead atoms. The summed E-state index contributed by atoms with van der Waals surface area (Å²) >= 11 is 1.50. The SMILES string of the molecule is CCNC(=O)[C@H](Cc1ccccc1)N(Cc1ccccc1)C(=O)CSc1ccc(C)cc1. The minimum absolute atomic E-state index is 0.0494. The first-order chi connectivity index (χ1) is 15.6. The first-order valence-corrected chi connectivity index (χ1v) is 11.9. The van der Waals surface area contributed by atoms with E-state index in [2.05, 4.69) is 5.32 Å². The third-order valence-electron chi connectivity index (χ3n) is 5.20. The minimum Gasteiger partial charge on any atom is -0.355 e. The van der Waals surface area contributed by atoms with E-state index < -0.39 is 6.04 Å². The average molecular weight is 447 g/mol. The zero-order valence-electron chi connectivity index (χ0n) is 18.7. The van der Waals surface area contributed by atoms with Crippen LogP contribution in [0.4, 0.5) is 0 Å². The van der Waals surface area contributed by atoms with Gasteiger partial charge < -0.3 is 10.2 Å². The summed E-state index contributed by atoms with van der Waals surface area (Å²) in [6.07, 6.45) is 0.473. The molecule has 3 aromatic rings. The normalized spacial score (nSPS) is 11.6. The van der Waals surface area contributed by atoms with Crippen molar-refractivity contribution >= 4 is 23.6 Å². The predicted molar refractivity (Wildman–Crippen MR) is 132 cm³/mol. The topological polar surface area (TPSA) is 49.4 Å². The molecule has 0 saturated heterocycles. The van der Waals surface area contributed by atoms with E-state index in [0.29, 0.717) is 19.5 Å². The van der Waals surface area contributed by atoms with Crippen LogP contribution in [0.3, 0.4) is 0 Å². The van der Waals surface area contributed by atoms with E-state index in [4.69, 9.17) is 0 Å². The van der Waals surface area contributed by atoms with Crippen molar-refractivity contribution < 1.29 is 9.59 Å². The smallest absolute Gasteiger partial charge is 0.243 e. The molecule has 0 heterocycles. The van der Waals surface area contributed by atoms with E-state index in [1.807, 2.05) is 98.8 Å². The Morgan fingerprint density at radius 3 is 2.06 bits per heavy atom. The molecule has 4 nitrogen and oxygen atoms in total. The summed E-state index contributed by atoms with van der Waals surface area (Å²) in [7, 11) is 0. The second-order valence-electron chi connectivity index (χ2n) is 7.71. The number of rotatable bonds is 10. The summed E-state index contributed by atoms with van der Waals surface area (Å²) in [5.74, 6) is 0.105. The molecule has 0 aliphatic heterocycles. The Morgan fingerprint density at radius 1 is 0.875 bits per heavy atom. The molecule has 0 radical (unpaired) electrons. The van der Waals surface area contributed by atoms with Gasteiger partial charge in [0.1, 0.15) is 6.04 Å². The van der Waals surface area contributed by atoms with Crippen LogP contribution in [0.25, 0.3) is 0 Å². The standard InChI is InChI=1S/C27H30N2O2S/c1-3-28-27(31)25(18-22-10-6-4-7-11-22)29(19-23-12-8-5-9-13-23)26(30)20-32-24-16-14-21(2)15-17-24/h4-17,25H,3,18-20H2,1-2H3,(H,28,31)/t25-/m0/s1. The lowest BCUT2D eigenvalue weighted by Gasteiger charge is -2.31. The summed E-state index contributed by atoms with van der Waals surface area (Å²) in [5.41, 5.74) is 3.22. The van der Waals surface area contributed by atoms with Gasteiger partial charge in [-0.05, 0) is 37.1 Å². The Balaban J connectivity index is 1.85. The highest BCUT2D eigenvalue weighted by molar-refractivity contribution is 8.00. The van der Waals surface area contributed by atoms with Crippen molar-refractivity contribution in [2.24, 2.45) is 0 Å². The Hall–Kier alpha value is -3.05. The second kappa shape index (κ2) is 12.1. The summed E-state index contributed by atoms with van der Waals surface area (Å²) in [6.45, 7) is 4.86. The number of thioether (sulfide) groups is 1. The number of benzene rings is 3. The van der Waals surface area contributed by atoms with Crippen LogP contribution in [0, 0.1) is 6.92 Å². The summed E-state index contributed by atoms with van der Waals surface area (Å²) in [4.78, 5) is 29.3.